The lowest BCUT2D eigenvalue weighted by Crippen LogP contribution is -2.36. The first kappa shape index (κ1) is 17.8. The zero-order valence-electron chi connectivity index (χ0n) is 13.8. The Kier molecular flexibility index (Phi) is 6.96. The Hall–Kier alpha value is -1.29. The van der Waals surface area contributed by atoms with E-state index < -0.39 is 0 Å². The first-order valence-electron chi connectivity index (χ1n) is 7.88. The van der Waals surface area contributed by atoms with Gasteiger partial charge in [0, 0.05) is 18.8 Å². The summed E-state index contributed by atoms with van der Waals surface area (Å²) in [6, 6.07) is -0.146. The summed E-state index contributed by atoms with van der Waals surface area (Å²) in [7, 11) is 0. The Morgan fingerprint density at radius 1 is 1.33 bits per heavy atom. The molecule has 4 heteroatoms. The quantitative estimate of drug-likeness (QED) is 0.658. The molecule has 0 radical (unpaired) electrons. The van der Waals surface area contributed by atoms with Crippen molar-refractivity contribution in [1.82, 2.24) is 10.6 Å². The third-order valence-electron chi connectivity index (χ3n) is 3.96. The molecule has 1 rings (SSSR count). The van der Waals surface area contributed by atoms with Gasteiger partial charge in [0.05, 0.1) is 0 Å². The zero-order chi connectivity index (χ0) is 15.9. The number of rotatable bonds is 6. The van der Waals surface area contributed by atoms with Crippen LogP contribution in [0.4, 0.5) is 4.79 Å². The molecule has 0 aromatic heterocycles. The lowest BCUT2D eigenvalue weighted by Gasteiger charge is -2.31. The van der Waals surface area contributed by atoms with Crippen molar-refractivity contribution in [3.8, 4) is 0 Å². The number of allylic oxidation sites excluding steroid dienone is 3. The second-order valence-corrected chi connectivity index (χ2v) is 6.89. The Morgan fingerprint density at radius 2 is 2.05 bits per heavy atom. The van der Waals surface area contributed by atoms with Gasteiger partial charge < -0.3 is 15.7 Å². The fourth-order valence-electron chi connectivity index (χ4n) is 2.39. The Labute approximate surface area is 128 Å². The highest BCUT2D eigenvalue weighted by Gasteiger charge is 2.25. The Morgan fingerprint density at radius 3 is 2.62 bits per heavy atom. The van der Waals surface area contributed by atoms with Gasteiger partial charge in [-0.05, 0) is 55.6 Å². The molecule has 4 nitrogen and oxygen atoms in total. The van der Waals surface area contributed by atoms with E-state index in [1.54, 1.807) is 0 Å². The number of hydrogen-bond donors (Lipinski definition) is 3. The van der Waals surface area contributed by atoms with Crippen molar-refractivity contribution < 1.29 is 9.90 Å². The van der Waals surface area contributed by atoms with E-state index in [-0.39, 0.29) is 18.1 Å². The lowest BCUT2D eigenvalue weighted by molar-refractivity contribution is 0.242. The summed E-state index contributed by atoms with van der Waals surface area (Å²) >= 11 is 0. The van der Waals surface area contributed by atoms with Gasteiger partial charge in [0.15, 0.2) is 0 Å². The van der Waals surface area contributed by atoms with Crippen LogP contribution in [0.3, 0.4) is 0 Å². The molecule has 1 unspecified atom stereocenters. The highest BCUT2D eigenvalue weighted by Crippen LogP contribution is 2.35. The number of nitrogens with one attached hydrogen (secondary N) is 2. The first-order chi connectivity index (χ1) is 9.84. The van der Waals surface area contributed by atoms with Crippen LogP contribution in [0.5, 0.6) is 0 Å². The van der Waals surface area contributed by atoms with Gasteiger partial charge in [-0.25, -0.2) is 4.79 Å². The number of carbonyl (C=O) groups is 1. The predicted molar refractivity (Wildman–Crippen MR) is 86.9 cm³/mol. The summed E-state index contributed by atoms with van der Waals surface area (Å²) in [6.45, 7) is 9.68. The summed E-state index contributed by atoms with van der Waals surface area (Å²) in [5.41, 5.74) is 2.40. The van der Waals surface area contributed by atoms with Crippen LogP contribution in [0.1, 0.15) is 53.4 Å². The van der Waals surface area contributed by atoms with Crippen LogP contribution in [-0.4, -0.2) is 24.3 Å². The number of carbonyl (C=O) groups excluding carboxylic acids is 1. The molecular formula is C17H30N2O2. The second-order valence-electron chi connectivity index (χ2n) is 6.89. The van der Waals surface area contributed by atoms with Gasteiger partial charge in [-0.15, -0.1) is 0 Å². The Balaban J connectivity index is 2.38. The molecule has 120 valence electrons. The van der Waals surface area contributed by atoms with Gasteiger partial charge in [-0.1, -0.05) is 26.8 Å². The molecule has 0 fully saturated rings. The maximum Gasteiger partial charge on any atom is 0.319 e. The van der Waals surface area contributed by atoms with Crippen LogP contribution in [0.2, 0.25) is 0 Å². The van der Waals surface area contributed by atoms with Crippen molar-refractivity contribution in [2.45, 2.75) is 53.4 Å². The predicted octanol–water partition coefficient (Wildman–Crippen LogP) is 3.34. The zero-order valence-corrected chi connectivity index (χ0v) is 13.8. The molecule has 0 bridgehead atoms. The number of aliphatic hydroxyl groups excluding tert-OH is 1. The highest BCUT2D eigenvalue weighted by molar-refractivity contribution is 5.76. The number of aliphatic hydroxyl groups is 1. The first-order valence-corrected chi connectivity index (χ1v) is 7.88. The monoisotopic (exact) mass is 294 g/mol. The third-order valence-corrected chi connectivity index (χ3v) is 3.96. The fourth-order valence-corrected chi connectivity index (χ4v) is 2.39. The van der Waals surface area contributed by atoms with E-state index in [1.807, 2.05) is 6.08 Å². The van der Waals surface area contributed by atoms with Crippen molar-refractivity contribution in [2.24, 2.45) is 11.3 Å². The average molecular weight is 294 g/mol. The molecule has 0 aliphatic heterocycles. The van der Waals surface area contributed by atoms with Crippen LogP contribution in [0, 0.1) is 11.3 Å². The smallest absolute Gasteiger partial charge is 0.319 e. The standard InChI is InChI=1S/C17H30N2O2/c1-13-12-14(17(2,3)4)8-9-15(13)19-16(21)18-10-6-5-7-11-20/h8-9,14,20H,5-7,10-12H2,1-4H3,(H2,18,19,21). The van der Waals surface area contributed by atoms with Gasteiger partial charge in [0.1, 0.15) is 0 Å². The molecular weight excluding hydrogens is 264 g/mol. The van der Waals surface area contributed by atoms with Crippen LogP contribution in [-0.2, 0) is 0 Å². The molecule has 21 heavy (non-hydrogen) atoms. The summed E-state index contributed by atoms with van der Waals surface area (Å²) in [6.07, 6.45) is 7.85. The SMILES string of the molecule is CC1=C(NC(=O)NCCCCCO)C=CC(C(C)(C)C)C1. The van der Waals surface area contributed by atoms with E-state index in [0.717, 1.165) is 31.4 Å². The molecule has 0 aromatic rings. The molecule has 0 heterocycles. The molecule has 0 saturated carbocycles. The number of unbranched alkanes of at least 4 members (excludes halogenated alkanes) is 2. The normalized spacial score (nSPS) is 18.8. The van der Waals surface area contributed by atoms with E-state index in [9.17, 15) is 4.79 Å². The van der Waals surface area contributed by atoms with Crippen LogP contribution >= 0.6 is 0 Å². The number of hydrogen-bond acceptors (Lipinski definition) is 2. The summed E-state index contributed by atoms with van der Waals surface area (Å²) in [4.78, 5) is 11.8. The molecule has 1 aliphatic carbocycles. The van der Waals surface area contributed by atoms with Crippen LogP contribution in [0.15, 0.2) is 23.4 Å². The average Bonchev–Trinajstić information content (AvgIpc) is 2.39. The molecule has 3 N–H and O–H groups in total. The van der Waals surface area contributed by atoms with Crippen molar-refractivity contribution in [2.75, 3.05) is 13.2 Å². The molecule has 1 atom stereocenters. The number of urea groups is 1. The van der Waals surface area contributed by atoms with Crippen LogP contribution in [0.25, 0.3) is 0 Å². The molecule has 0 aromatic carbocycles. The molecule has 0 saturated heterocycles. The third kappa shape index (κ3) is 6.34. The minimum atomic E-state index is -0.146. The van der Waals surface area contributed by atoms with E-state index in [0.29, 0.717) is 12.5 Å². The largest absolute Gasteiger partial charge is 0.396 e. The van der Waals surface area contributed by atoms with Gasteiger partial charge >= 0.3 is 6.03 Å². The van der Waals surface area contributed by atoms with E-state index in [2.05, 4.69) is 44.4 Å². The van der Waals surface area contributed by atoms with Crippen molar-refractivity contribution in [1.29, 1.82) is 0 Å². The maximum atomic E-state index is 11.8. The fraction of sp³-hybridized carbons (Fsp3) is 0.706. The van der Waals surface area contributed by atoms with E-state index >= 15 is 0 Å². The minimum Gasteiger partial charge on any atom is -0.396 e. The summed E-state index contributed by atoms with van der Waals surface area (Å²) in [5, 5.41) is 14.5. The Bertz CT molecular complexity index is 406. The van der Waals surface area contributed by atoms with Gasteiger partial charge in [0.2, 0.25) is 0 Å². The summed E-state index contributed by atoms with van der Waals surface area (Å²) in [5.74, 6) is 0.518. The highest BCUT2D eigenvalue weighted by atomic mass is 16.2. The number of amides is 2. The van der Waals surface area contributed by atoms with Gasteiger partial charge in [0.25, 0.3) is 0 Å². The molecule has 1 aliphatic rings. The van der Waals surface area contributed by atoms with Crippen molar-refractivity contribution in [3.05, 3.63) is 23.4 Å². The topological polar surface area (TPSA) is 61.4 Å². The van der Waals surface area contributed by atoms with Gasteiger partial charge in [-0.2, -0.15) is 0 Å². The van der Waals surface area contributed by atoms with Gasteiger partial charge in [-0.3, -0.25) is 0 Å². The van der Waals surface area contributed by atoms with Crippen molar-refractivity contribution >= 4 is 6.03 Å². The molecule has 0 spiro atoms. The summed E-state index contributed by atoms with van der Waals surface area (Å²) < 4.78 is 0. The van der Waals surface area contributed by atoms with Crippen molar-refractivity contribution in [3.63, 3.8) is 0 Å². The van der Waals surface area contributed by atoms with Crippen LogP contribution < -0.4 is 10.6 Å². The lowest BCUT2D eigenvalue weighted by atomic mass is 9.75. The minimum absolute atomic E-state index is 0.146. The maximum absolute atomic E-state index is 11.8. The second kappa shape index (κ2) is 8.23. The van der Waals surface area contributed by atoms with E-state index in [1.165, 1.54) is 5.57 Å². The molecule has 2 amide bonds. The van der Waals surface area contributed by atoms with E-state index in [4.69, 9.17) is 5.11 Å².